The molecule has 0 spiro atoms. The van der Waals surface area contributed by atoms with Gasteiger partial charge in [-0.25, -0.2) is 0 Å². The molecule has 11 nitrogen and oxygen atoms in total. The molecule has 0 aliphatic carbocycles. The third-order valence-electron chi connectivity index (χ3n) is 5.84. The fourth-order valence-corrected chi connectivity index (χ4v) is 3.51. The van der Waals surface area contributed by atoms with E-state index in [0.717, 1.165) is 0 Å². The lowest BCUT2D eigenvalue weighted by Crippen LogP contribution is -2.65. The summed E-state index contributed by atoms with van der Waals surface area (Å²) in [6.45, 7) is 6.26. The first kappa shape index (κ1) is 26.8. The number of rotatable bonds is 10. The smallest absolute Gasteiger partial charge is 0.187 e. The Labute approximate surface area is 182 Å². The largest absolute Gasteiger partial charge is 0.394 e. The maximum atomic E-state index is 10.6. The summed E-state index contributed by atoms with van der Waals surface area (Å²) in [5, 5.41) is 61.4. The Balaban J connectivity index is 2.11. The monoisotopic (exact) mass is 454 g/mol. The van der Waals surface area contributed by atoms with Gasteiger partial charge in [-0.05, 0) is 26.7 Å². The molecule has 0 saturated carbocycles. The van der Waals surface area contributed by atoms with Gasteiger partial charge in [0, 0.05) is 0 Å². The molecular weight excluding hydrogens is 416 g/mol. The van der Waals surface area contributed by atoms with Crippen LogP contribution in [0.3, 0.4) is 0 Å². The van der Waals surface area contributed by atoms with Gasteiger partial charge in [0.1, 0.15) is 48.8 Å². The van der Waals surface area contributed by atoms with Gasteiger partial charge >= 0.3 is 0 Å². The van der Waals surface area contributed by atoms with Gasteiger partial charge in [0.15, 0.2) is 12.6 Å². The number of hydrogen-bond acceptors (Lipinski definition) is 11. The molecule has 4 unspecified atom stereocenters. The van der Waals surface area contributed by atoms with Crippen molar-refractivity contribution in [3.8, 4) is 0 Å². The highest BCUT2D eigenvalue weighted by molar-refractivity contribution is 4.95. The minimum Gasteiger partial charge on any atom is -0.394 e. The van der Waals surface area contributed by atoms with E-state index in [1.54, 1.807) is 13.8 Å². The second kappa shape index (κ2) is 12.1. The van der Waals surface area contributed by atoms with Crippen LogP contribution in [0.5, 0.6) is 0 Å². The standard InChI is InChI=1S/C20H38O11/c1-5-9(3)27-17-11(7-21)30-20(16(26)13(17)23)31-18-12(8-22)29-19(15(25)14(18)24)28-10(4)6-2/h9-26H,5-8H2,1-4H3/t9-,10-,11?,12-,13?,14?,15?,16-,17+,18+,19+,20-/m0/s1. The van der Waals surface area contributed by atoms with E-state index in [4.69, 9.17) is 23.7 Å². The molecule has 0 bridgehead atoms. The third-order valence-corrected chi connectivity index (χ3v) is 5.84. The van der Waals surface area contributed by atoms with E-state index < -0.39 is 74.6 Å². The number of hydrogen-bond donors (Lipinski definition) is 6. The van der Waals surface area contributed by atoms with Crippen LogP contribution in [0.2, 0.25) is 0 Å². The lowest BCUT2D eigenvalue weighted by atomic mass is 9.96. The van der Waals surface area contributed by atoms with Gasteiger partial charge < -0.3 is 54.3 Å². The van der Waals surface area contributed by atoms with Crippen molar-refractivity contribution < 1.29 is 54.3 Å². The molecule has 2 heterocycles. The zero-order valence-electron chi connectivity index (χ0n) is 18.5. The lowest BCUT2D eigenvalue weighted by Gasteiger charge is -2.47. The fraction of sp³-hybridized carbons (Fsp3) is 1.00. The Bertz CT molecular complexity index is 519. The Morgan fingerprint density at radius 3 is 1.68 bits per heavy atom. The predicted molar refractivity (Wildman–Crippen MR) is 106 cm³/mol. The van der Waals surface area contributed by atoms with E-state index in [-0.39, 0.29) is 12.2 Å². The quantitative estimate of drug-likeness (QED) is 0.221. The average molecular weight is 455 g/mol. The highest BCUT2D eigenvalue weighted by atomic mass is 16.7. The van der Waals surface area contributed by atoms with Crippen molar-refractivity contribution in [2.75, 3.05) is 13.2 Å². The van der Waals surface area contributed by atoms with Crippen molar-refractivity contribution in [3.05, 3.63) is 0 Å². The number of ether oxygens (including phenoxy) is 5. The van der Waals surface area contributed by atoms with E-state index in [1.165, 1.54) is 0 Å². The molecule has 11 heteroatoms. The summed E-state index contributed by atoms with van der Waals surface area (Å²) in [6.07, 6.45) is -12.3. The van der Waals surface area contributed by atoms with Gasteiger partial charge in [-0.15, -0.1) is 0 Å². The Morgan fingerprint density at radius 1 is 0.677 bits per heavy atom. The van der Waals surface area contributed by atoms with Gasteiger partial charge in [-0.1, -0.05) is 13.8 Å². The lowest BCUT2D eigenvalue weighted by molar-refractivity contribution is -0.365. The molecule has 0 aromatic rings. The van der Waals surface area contributed by atoms with E-state index in [9.17, 15) is 30.6 Å². The molecule has 0 aromatic heterocycles. The molecule has 2 aliphatic rings. The highest BCUT2D eigenvalue weighted by Gasteiger charge is 2.51. The molecule has 0 radical (unpaired) electrons. The molecule has 6 N–H and O–H groups in total. The van der Waals surface area contributed by atoms with Gasteiger partial charge in [0.25, 0.3) is 0 Å². The van der Waals surface area contributed by atoms with E-state index in [2.05, 4.69) is 0 Å². The molecule has 31 heavy (non-hydrogen) atoms. The minimum atomic E-state index is -1.57. The summed E-state index contributed by atoms with van der Waals surface area (Å²) in [6, 6.07) is 0. The van der Waals surface area contributed by atoms with Crippen molar-refractivity contribution in [2.45, 2.75) is 114 Å². The summed E-state index contributed by atoms with van der Waals surface area (Å²) >= 11 is 0. The first-order valence-corrected chi connectivity index (χ1v) is 10.9. The Morgan fingerprint density at radius 2 is 1.13 bits per heavy atom. The SMILES string of the molecule is CC[C@H](C)O[C@@H]1O[C@@H](CO)[C@@H](O[C@@H]2OC(CO)[C@@H](O[C@@H](C)CC)C(O)[C@@H]2O)C(O)C1O. The van der Waals surface area contributed by atoms with Gasteiger partial charge in [-0.2, -0.15) is 0 Å². The molecule has 184 valence electrons. The maximum absolute atomic E-state index is 10.6. The second-order valence-corrected chi connectivity index (χ2v) is 8.19. The molecule has 2 fully saturated rings. The second-order valence-electron chi connectivity index (χ2n) is 8.19. The number of aliphatic hydroxyl groups excluding tert-OH is 6. The topological polar surface area (TPSA) is 168 Å². The highest BCUT2D eigenvalue weighted by Crippen LogP contribution is 2.31. The Hall–Kier alpha value is -0.440. The van der Waals surface area contributed by atoms with Crippen molar-refractivity contribution >= 4 is 0 Å². The molecule has 2 aliphatic heterocycles. The van der Waals surface area contributed by atoms with Gasteiger partial charge in [0.05, 0.1) is 25.4 Å². The molecule has 2 saturated heterocycles. The fourth-order valence-electron chi connectivity index (χ4n) is 3.51. The van der Waals surface area contributed by atoms with Crippen LogP contribution < -0.4 is 0 Å². The zero-order chi connectivity index (χ0) is 23.3. The molecule has 0 aromatic carbocycles. The van der Waals surface area contributed by atoms with Crippen LogP contribution in [0.15, 0.2) is 0 Å². The summed E-state index contributed by atoms with van der Waals surface area (Å²) < 4.78 is 28.1. The average Bonchev–Trinajstić information content (AvgIpc) is 2.77. The normalized spacial score (nSPS) is 43.5. The van der Waals surface area contributed by atoms with Crippen LogP contribution in [-0.2, 0) is 23.7 Å². The van der Waals surface area contributed by atoms with Crippen LogP contribution in [0.1, 0.15) is 40.5 Å². The summed E-state index contributed by atoms with van der Waals surface area (Å²) in [5.74, 6) is 0. The van der Waals surface area contributed by atoms with Crippen LogP contribution in [0, 0.1) is 0 Å². The van der Waals surface area contributed by atoms with Crippen molar-refractivity contribution in [1.29, 1.82) is 0 Å². The van der Waals surface area contributed by atoms with Crippen molar-refractivity contribution in [3.63, 3.8) is 0 Å². The summed E-state index contributed by atoms with van der Waals surface area (Å²) in [4.78, 5) is 0. The molecule has 12 atom stereocenters. The third kappa shape index (κ3) is 6.33. The van der Waals surface area contributed by atoms with Gasteiger partial charge in [-0.3, -0.25) is 0 Å². The first-order chi connectivity index (χ1) is 14.7. The van der Waals surface area contributed by atoms with E-state index in [1.807, 2.05) is 13.8 Å². The summed E-state index contributed by atoms with van der Waals surface area (Å²) in [5.41, 5.74) is 0. The van der Waals surface area contributed by atoms with Crippen LogP contribution >= 0.6 is 0 Å². The van der Waals surface area contributed by atoms with Crippen LogP contribution in [0.4, 0.5) is 0 Å². The maximum Gasteiger partial charge on any atom is 0.187 e. The van der Waals surface area contributed by atoms with Crippen molar-refractivity contribution in [2.24, 2.45) is 0 Å². The Kier molecular flexibility index (Phi) is 10.5. The van der Waals surface area contributed by atoms with Crippen LogP contribution in [0.25, 0.3) is 0 Å². The molecular formula is C20H38O11. The van der Waals surface area contributed by atoms with Gasteiger partial charge in [0.2, 0.25) is 0 Å². The molecule has 2 rings (SSSR count). The van der Waals surface area contributed by atoms with E-state index in [0.29, 0.717) is 12.8 Å². The number of aliphatic hydroxyl groups is 6. The van der Waals surface area contributed by atoms with Crippen LogP contribution in [-0.4, -0.2) is 117 Å². The molecule has 0 amide bonds. The first-order valence-electron chi connectivity index (χ1n) is 10.9. The van der Waals surface area contributed by atoms with Crippen molar-refractivity contribution in [1.82, 2.24) is 0 Å². The zero-order valence-corrected chi connectivity index (χ0v) is 18.5. The summed E-state index contributed by atoms with van der Waals surface area (Å²) in [7, 11) is 0. The predicted octanol–water partition coefficient (Wildman–Crippen LogP) is -1.75. The minimum absolute atomic E-state index is 0.244. The van der Waals surface area contributed by atoms with E-state index >= 15 is 0 Å².